The summed E-state index contributed by atoms with van der Waals surface area (Å²) in [4.78, 5) is 14.9. The molecule has 2 N–H and O–H groups in total. The lowest BCUT2D eigenvalue weighted by atomic mass is 9.86. The lowest BCUT2D eigenvalue weighted by molar-refractivity contribution is 0.135. The Bertz CT molecular complexity index is 917. The minimum Gasteiger partial charge on any atom is -0.493 e. The van der Waals surface area contributed by atoms with Gasteiger partial charge in [-0.25, -0.2) is 9.18 Å². The molecule has 0 aliphatic carbocycles. The van der Waals surface area contributed by atoms with Gasteiger partial charge in [-0.3, -0.25) is 4.90 Å². The van der Waals surface area contributed by atoms with E-state index in [0.29, 0.717) is 18.0 Å². The fourth-order valence-electron chi connectivity index (χ4n) is 4.38. The number of ether oxygens (including phenoxy) is 2. The van der Waals surface area contributed by atoms with Crippen molar-refractivity contribution in [2.75, 3.05) is 20.8 Å². The molecule has 3 rings (SSSR count). The van der Waals surface area contributed by atoms with Crippen LogP contribution in [-0.2, 0) is 13.0 Å². The van der Waals surface area contributed by atoms with E-state index in [0.717, 1.165) is 30.5 Å². The first-order chi connectivity index (χ1) is 15.4. The lowest BCUT2D eigenvalue weighted by Gasteiger charge is -2.42. The molecule has 1 heterocycles. The summed E-state index contributed by atoms with van der Waals surface area (Å²) < 4.78 is 24.5. The first-order valence-electron chi connectivity index (χ1n) is 11.2. The van der Waals surface area contributed by atoms with Gasteiger partial charge in [0.05, 0.1) is 26.3 Å². The van der Waals surface area contributed by atoms with Crippen LogP contribution in [0.15, 0.2) is 36.4 Å². The molecular weight excluding hydrogens is 409 g/mol. The van der Waals surface area contributed by atoms with Gasteiger partial charge in [-0.1, -0.05) is 19.1 Å². The van der Waals surface area contributed by atoms with Crippen molar-refractivity contribution in [3.63, 3.8) is 0 Å². The number of benzene rings is 2. The summed E-state index contributed by atoms with van der Waals surface area (Å²) in [6.45, 7) is 7.42. The predicted molar refractivity (Wildman–Crippen MR) is 124 cm³/mol. The van der Waals surface area contributed by atoms with Crippen molar-refractivity contribution in [3.8, 4) is 11.5 Å². The molecule has 0 fully saturated rings. The molecule has 1 aliphatic rings. The van der Waals surface area contributed by atoms with Gasteiger partial charge >= 0.3 is 6.03 Å². The fraction of sp³-hybridized carbons (Fsp3) is 0.480. The van der Waals surface area contributed by atoms with Gasteiger partial charge in [0.2, 0.25) is 0 Å². The van der Waals surface area contributed by atoms with Crippen molar-refractivity contribution >= 4 is 6.03 Å². The second-order valence-corrected chi connectivity index (χ2v) is 8.49. The topological polar surface area (TPSA) is 62.8 Å². The van der Waals surface area contributed by atoms with Crippen molar-refractivity contribution in [1.29, 1.82) is 0 Å². The standard InChI is InChI=1S/C25H34FN3O3/c1-6-21(28-25(30)27-16(2)3)24-20-14-23(32-5)22(31-4)13-18(20)11-12-29(24)15-17-7-9-19(26)10-8-17/h7-10,13-14,16,21,24H,6,11-12,15H2,1-5H3,(H2,27,28,30)/t21-,24+/m1/s1. The van der Waals surface area contributed by atoms with E-state index in [2.05, 4.69) is 22.5 Å². The van der Waals surface area contributed by atoms with Crippen molar-refractivity contribution in [1.82, 2.24) is 15.5 Å². The van der Waals surface area contributed by atoms with Gasteiger partial charge in [-0.05, 0) is 67.6 Å². The molecule has 7 heteroatoms. The second kappa shape index (κ2) is 10.7. The van der Waals surface area contributed by atoms with Gasteiger partial charge in [-0.2, -0.15) is 0 Å². The molecule has 174 valence electrons. The molecule has 32 heavy (non-hydrogen) atoms. The number of methoxy groups -OCH3 is 2. The summed E-state index contributed by atoms with van der Waals surface area (Å²) in [6.07, 6.45) is 1.60. The van der Waals surface area contributed by atoms with Crippen LogP contribution in [-0.4, -0.2) is 43.8 Å². The number of carbonyl (C=O) groups excluding carboxylic acids is 1. The first-order valence-corrected chi connectivity index (χ1v) is 11.2. The zero-order valence-electron chi connectivity index (χ0n) is 19.6. The number of nitrogens with one attached hydrogen (secondary N) is 2. The molecule has 2 atom stereocenters. The largest absolute Gasteiger partial charge is 0.493 e. The van der Waals surface area contributed by atoms with Gasteiger partial charge < -0.3 is 20.1 Å². The molecule has 0 spiro atoms. The van der Waals surface area contributed by atoms with Crippen molar-refractivity contribution in [3.05, 3.63) is 58.9 Å². The Morgan fingerprint density at radius 1 is 1.12 bits per heavy atom. The number of hydrogen-bond acceptors (Lipinski definition) is 4. The Balaban J connectivity index is 1.99. The smallest absolute Gasteiger partial charge is 0.315 e. The number of urea groups is 1. The summed E-state index contributed by atoms with van der Waals surface area (Å²) in [5.74, 6) is 1.13. The molecule has 0 radical (unpaired) electrons. The highest BCUT2D eigenvalue weighted by Gasteiger charge is 2.35. The molecule has 0 bridgehead atoms. The summed E-state index contributed by atoms with van der Waals surface area (Å²) in [5, 5.41) is 6.10. The Hall–Kier alpha value is -2.80. The molecule has 0 saturated heterocycles. The van der Waals surface area contributed by atoms with E-state index in [1.54, 1.807) is 14.2 Å². The van der Waals surface area contributed by atoms with Crippen LogP contribution in [0.3, 0.4) is 0 Å². The SMILES string of the molecule is CC[C@@H](NC(=O)NC(C)C)[C@@H]1c2cc(OC)c(OC)cc2CCN1Cc1ccc(F)cc1. The van der Waals surface area contributed by atoms with Gasteiger partial charge in [0, 0.05) is 19.1 Å². The zero-order valence-corrected chi connectivity index (χ0v) is 19.6. The number of fused-ring (bicyclic) bond motifs is 1. The fourth-order valence-corrected chi connectivity index (χ4v) is 4.38. The number of carbonyl (C=O) groups is 1. The molecule has 1 aliphatic heterocycles. The van der Waals surface area contributed by atoms with E-state index in [1.807, 2.05) is 38.1 Å². The highest BCUT2D eigenvalue weighted by Crippen LogP contribution is 2.40. The Morgan fingerprint density at radius 3 is 2.38 bits per heavy atom. The Kier molecular flexibility index (Phi) is 7.96. The molecule has 0 unspecified atom stereocenters. The highest BCUT2D eigenvalue weighted by atomic mass is 19.1. The van der Waals surface area contributed by atoms with Gasteiger partial charge in [0.1, 0.15) is 5.82 Å². The van der Waals surface area contributed by atoms with Crippen molar-refractivity contribution in [2.45, 2.75) is 58.3 Å². The third kappa shape index (κ3) is 5.51. The molecule has 2 aromatic rings. The van der Waals surface area contributed by atoms with Crippen molar-refractivity contribution in [2.24, 2.45) is 0 Å². The minimum atomic E-state index is -0.246. The van der Waals surface area contributed by atoms with E-state index < -0.39 is 0 Å². The summed E-state index contributed by atoms with van der Waals surface area (Å²) in [7, 11) is 3.27. The number of halogens is 1. The second-order valence-electron chi connectivity index (χ2n) is 8.49. The van der Waals surface area contributed by atoms with Gasteiger partial charge in [0.25, 0.3) is 0 Å². The van der Waals surface area contributed by atoms with E-state index in [1.165, 1.54) is 17.7 Å². The lowest BCUT2D eigenvalue weighted by Crippen LogP contribution is -2.51. The van der Waals surface area contributed by atoms with E-state index >= 15 is 0 Å². The van der Waals surface area contributed by atoms with Crippen LogP contribution < -0.4 is 20.1 Å². The van der Waals surface area contributed by atoms with Crippen LogP contribution in [0, 0.1) is 5.82 Å². The number of hydrogen-bond donors (Lipinski definition) is 2. The number of nitrogens with zero attached hydrogens (tertiary/aromatic N) is 1. The third-order valence-corrected chi connectivity index (χ3v) is 5.88. The van der Waals surface area contributed by atoms with Crippen LogP contribution >= 0.6 is 0 Å². The zero-order chi connectivity index (χ0) is 23.3. The minimum absolute atomic E-state index is 0.0471. The maximum absolute atomic E-state index is 13.4. The maximum atomic E-state index is 13.4. The summed E-state index contributed by atoms with van der Waals surface area (Å²) >= 11 is 0. The molecule has 6 nitrogen and oxygen atoms in total. The van der Waals surface area contributed by atoms with Gasteiger partial charge in [0.15, 0.2) is 11.5 Å². The van der Waals surface area contributed by atoms with Crippen LogP contribution in [0.5, 0.6) is 11.5 Å². The van der Waals surface area contributed by atoms with E-state index in [-0.39, 0.29) is 30.0 Å². The van der Waals surface area contributed by atoms with Crippen LogP contribution in [0.25, 0.3) is 0 Å². The van der Waals surface area contributed by atoms with E-state index in [9.17, 15) is 9.18 Å². The average Bonchev–Trinajstić information content (AvgIpc) is 2.77. The molecule has 2 amide bonds. The third-order valence-electron chi connectivity index (χ3n) is 5.88. The van der Waals surface area contributed by atoms with Crippen LogP contribution in [0.4, 0.5) is 9.18 Å². The first kappa shape index (κ1) is 23.9. The monoisotopic (exact) mass is 443 g/mol. The quantitative estimate of drug-likeness (QED) is 0.634. The van der Waals surface area contributed by atoms with Gasteiger partial charge in [-0.15, -0.1) is 0 Å². The molecular formula is C25H34FN3O3. The molecule has 0 aromatic heterocycles. The highest BCUT2D eigenvalue weighted by molar-refractivity contribution is 5.74. The molecule has 2 aromatic carbocycles. The normalized spacial score (nSPS) is 16.9. The summed E-state index contributed by atoms with van der Waals surface area (Å²) in [5.41, 5.74) is 3.34. The van der Waals surface area contributed by atoms with Crippen LogP contribution in [0.1, 0.15) is 49.9 Å². The Morgan fingerprint density at radius 2 is 1.78 bits per heavy atom. The average molecular weight is 444 g/mol. The number of amides is 2. The predicted octanol–water partition coefficient (Wildman–Crippen LogP) is 4.43. The number of rotatable bonds is 8. The summed E-state index contributed by atoms with van der Waals surface area (Å²) in [6, 6.07) is 10.4. The Labute approximate surface area is 190 Å². The maximum Gasteiger partial charge on any atom is 0.315 e. The molecule has 0 saturated carbocycles. The van der Waals surface area contributed by atoms with Crippen molar-refractivity contribution < 1.29 is 18.7 Å². The van der Waals surface area contributed by atoms with Crippen LogP contribution in [0.2, 0.25) is 0 Å². The van der Waals surface area contributed by atoms with E-state index in [4.69, 9.17) is 9.47 Å².